The first-order valence-electron chi connectivity index (χ1n) is 9.88. The molecule has 0 aliphatic carbocycles. The molecule has 1 amide bonds. The monoisotopic (exact) mass is 455 g/mol. The molecule has 0 aliphatic rings. The number of sulfonamides is 1. The molecule has 32 heavy (non-hydrogen) atoms. The zero-order valence-electron chi connectivity index (χ0n) is 18.0. The maximum Gasteiger partial charge on any atom is 0.240 e. The van der Waals surface area contributed by atoms with Crippen LogP contribution < -0.4 is 20.7 Å². The fourth-order valence-electron chi connectivity index (χ4n) is 2.91. The van der Waals surface area contributed by atoms with Crippen LogP contribution in [0.4, 0.5) is 23.1 Å². The largest absolute Gasteiger partial charge is 0.367 e. The second-order valence-electron chi connectivity index (χ2n) is 7.13. The lowest BCUT2D eigenvalue weighted by molar-refractivity contribution is -0.114. The average molecular weight is 456 g/mol. The molecule has 3 rings (SSSR count). The van der Waals surface area contributed by atoms with Crippen molar-refractivity contribution in [1.82, 2.24) is 19.9 Å². The van der Waals surface area contributed by atoms with Crippen molar-refractivity contribution < 1.29 is 13.2 Å². The van der Waals surface area contributed by atoms with Crippen LogP contribution in [0.15, 0.2) is 53.6 Å². The van der Waals surface area contributed by atoms with Crippen molar-refractivity contribution >= 4 is 39.1 Å². The van der Waals surface area contributed by atoms with Crippen molar-refractivity contribution in [3.63, 3.8) is 0 Å². The fourth-order valence-corrected chi connectivity index (χ4v) is 4.17. The maximum absolute atomic E-state index is 12.6. The molecule has 0 atom stereocenters. The van der Waals surface area contributed by atoms with E-state index in [0.29, 0.717) is 35.2 Å². The number of anilines is 4. The number of nitrogens with one attached hydrogen (secondary N) is 4. The van der Waals surface area contributed by atoms with Crippen molar-refractivity contribution in [2.75, 3.05) is 29.0 Å². The van der Waals surface area contributed by atoms with Crippen LogP contribution in [0.3, 0.4) is 0 Å². The third kappa shape index (κ3) is 6.46. The van der Waals surface area contributed by atoms with Gasteiger partial charge in [-0.3, -0.25) is 4.79 Å². The van der Waals surface area contributed by atoms with Gasteiger partial charge in [0.1, 0.15) is 11.6 Å². The van der Waals surface area contributed by atoms with Crippen molar-refractivity contribution in [2.24, 2.45) is 0 Å². The third-order valence-corrected chi connectivity index (χ3v) is 5.97. The lowest BCUT2D eigenvalue weighted by atomic mass is 10.2. The molecule has 0 aliphatic heterocycles. The minimum atomic E-state index is -3.69. The van der Waals surface area contributed by atoms with E-state index in [4.69, 9.17) is 0 Å². The van der Waals surface area contributed by atoms with Crippen LogP contribution in [-0.2, 0) is 14.8 Å². The number of amides is 1. The summed E-state index contributed by atoms with van der Waals surface area (Å²) < 4.78 is 27.7. The summed E-state index contributed by atoms with van der Waals surface area (Å²) in [7, 11) is -3.69. The summed E-state index contributed by atoms with van der Waals surface area (Å²) in [6.45, 7) is 5.52. The van der Waals surface area contributed by atoms with Crippen molar-refractivity contribution in [2.45, 2.75) is 25.7 Å². The molecule has 0 spiro atoms. The number of hydrogen-bond acceptors (Lipinski definition) is 8. The Bertz CT molecular complexity index is 1200. The fraction of sp³-hybridized carbons (Fsp3) is 0.238. The summed E-state index contributed by atoms with van der Waals surface area (Å²) in [5.74, 6) is 1.52. The molecular weight excluding hydrogens is 430 g/mol. The Morgan fingerprint density at radius 2 is 1.69 bits per heavy atom. The van der Waals surface area contributed by atoms with E-state index < -0.39 is 10.0 Å². The standard InChI is InChI=1S/C21H25N7O3S/c1-14-8-9-22-21(12-14)26-20-7-6-19(27-28-20)23-10-11-24-32(30,31)18-5-4-17(13-15(18)2)25-16(3)29/h4-9,12-13,24H,10-11H2,1-3H3,(H,23,27)(H,25,29)(H,22,26,28). The molecule has 0 radical (unpaired) electrons. The van der Waals surface area contributed by atoms with Gasteiger partial charge in [-0.1, -0.05) is 0 Å². The number of pyridine rings is 1. The highest BCUT2D eigenvalue weighted by Gasteiger charge is 2.16. The SMILES string of the molecule is CC(=O)Nc1ccc(S(=O)(=O)NCCNc2ccc(Nc3cc(C)ccn3)nn2)c(C)c1. The van der Waals surface area contributed by atoms with Crippen LogP contribution in [0.25, 0.3) is 0 Å². The van der Waals surface area contributed by atoms with Gasteiger partial charge < -0.3 is 16.0 Å². The maximum atomic E-state index is 12.6. The highest BCUT2D eigenvalue weighted by molar-refractivity contribution is 7.89. The molecule has 0 bridgehead atoms. The summed E-state index contributed by atoms with van der Waals surface area (Å²) in [4.78, 5) is 15.5. The molecule has 2 aromatic heterocycles. The van der Waals surface area contributed by atoms with Crippen LogP contribution >= 0.6 is 0 Å². The number of carbonyl (C=O) groups excluding carboxylic acids is 1. The molecule has 0 unspecified atom stereocenters. The summed E-state index contributed by atoms with van der Waals surface area (Å²) in [5.41, 5.74) is 2.16. The molecule has 0 saturated heterocycles. The van der Waals surface area contributed by atoms with Gasteiger partial charge in [-0.2, -0.15) is 0 Å². The van der Waals surface area contributed by atoms with Gasteiger partial charge in [0.25, 0.3) is 0 Å². The minimum absolute atomic E-state index is 0.157. The van der Waals surface area contributed by atoms with Gasteiger partial charge in [-0.05, 0) is 67.4 Å². The predicted octanol–water partition coefficient (Wildman–Crippen LogP) is 2.58. The number of hydrogen-bond donors (Lipinski definition) is 4. The minimum Gasteiger partial charge on any atom is -0.367 e. The molecule has 10 nitrogen and oxygen atoms in total. The van der Waals surface area contributed by atoms with E-state index in [9.17, 15) is 13.2 Å². The first-order valence-corrected chi connectivity index (χ1v) is 11.4. The zero-order valence-corrected chi connectivity index (χ0v) is 18.8. The molecular formula is C21H25N7O3S. The number of rotatable bonds is 9. The first kappa shape index (κ1) is 23.1. The van der Waals surface area contributed by atoms with Gasteiger partial charge in [0.15, 0.2) is 5.82 Å². The number of carbonyl (C=O) groups is 1. The smallest absolute Gasteiger partial charge is 0.240 e. The zero-order chi connectivity index (χ0) is 23.1. The highest BCUT2D eigenvalue weighted by atomic mass is 32.2. The summed E-state index contributed by atoms with van der Waals surface area (Å²) >= 11 is 0. The topological polar surface area (TPSA) is 138 Å². The molecule has 0 fully saturated rings. The number of nitrogens with zero attached hydrogens (tertiary/aromatic N) is 3. The Morgan fingerprint density at radius 3 is 2.34 bits per heavy atom. The molecule has 11 heteroatoms. The summed E-state index contributed by atoms with van der Waals surface area (Å²) in [6, 6.07) is 11.9. The van der Waals surface area contributed by atoms with Crippen LogP contribution in [0.5, 0.6) is 0 Å². The Hall–Kier alpha value is -3.57. The van der Waals surface area contributed by atoms with Gasteiger partial charge in [-0.15, -0.1) is 10.2 Å². The van der Waals surface area contributed by atoms with Crippen molar-refractivity contribution in [3.8, 4) is 0 Å². The second-order valence-corrected chi connectivity index (χ2v) is 8.87. The van der Waals surface area contributed by atoms with Crippen LogP contribution in [0.1, 0.15) is 18.1 Å². The van der Waals surface area contributed by atoms with Gasteiger partial charge in [-0.25, -0.2) is 18.1 Å². The highest BCUT2D eigenvalue weighted by Crippen LogP contribution is 2.19. The molecule has 1 aromatic carbocycles. The predicted molar refractivity (Wildman–Crippen MR) is 123 cm³/mol. The van der Waals surface area contributed by atoms with E-state index in [1.54, 1.807) is 37.4 Å². The van der Waals surface area contributed by atoms with Gasteiger partial charge in [0.2, 0.25) is 15.9 Å². The Balaban J connectivity index is 1.50. The molecule has 3 aromatic rings. The number of aryl methyl sites for hydroxylation is 2. The Morgan fingerprint density at radius 1 is 0.938 bits per heavy atom. The lowest BCUT2D eigenvalue weighted by Crippen LogP contribution is -2.29. The first-order chi connectivity index (χ1) is 15.2. The van der Waals surface area contributed by atoms with E-state index in [0.717, 1.165) is 5.56 Å². The van der Waals surface area contributed by atoms with Gasteiger partial charge in [0.05, 0.1) is 4.90 Å². The van der Waals surface area contributed by atoms with E-state index >= 15 is 0 Å². The average Bonchev–Trinajstić information content (AvgIpc) is 2.72. The normalized spacial score (nSPS) is 11.1. The molecule has 2 heterocycles. The molecule has 4 N–H and O–H groups in total. The van der Waals surface area contributed by atoms with E-state index in [-0.39, 0.29) is 17.3 Å². The van der Waals surface area contributed by atoms with Gasteiger partial charge in [0, 0.05) is 31.9 Å². The van der Waals surface area contributed by atoms with Crippen molar-refractivity contribution in [1.29, 1.82) is 0 Å². The Labute approximate surface area is 186 Å². The summed E-state index contributed by atoms with van der Waals surface area (Å²) in [6.07, 6.45) is 1.71. The van der Waals surface area contributed by atoms with Crippen LogP contribution in [0, 0.1) is 13.8 Å². The second kappa shape index (κ2) is 10.2. The third-order valence-electron chi connectivity index (χ3n) is 4.34. The quantitative estimate of drug-likeness (QED) is 0.361. The van der Waals surface area contributed by atoms with Crippen LogP contribution in [0.2, 0.25) is 0 Å². The van der Waals surface area contributed by atoms with Crippen LogP contribution in [-0.4, -0.2) is 42.6 Å². The number of benzene rings is 1. The van der Waals surface area contributed by atoms with Crippen molar-refractivity contribution in [3.05, 3.63) is 59.8 Å². The van der Waals surface area contributed by atoms with E-state index in [1.165, 1.54) is 13.0 Å². The Kier molecular flexibility index (Phi) is 7.33. The van der Waals surface area contributed by atoms with E-state index in [1.807, 2.05) is 19.1 Å². The van der Waals surface area contributed by atoms with E-state index in [2.05, 4.69) is 35.9 Å². The lowest BCUT2D eigenvalue weighted by Gasteiger charge is -2.12. The molecule has 168 valence electrons. The van der Waals surface area contributed by atoms with Gasteiger partial charge >= 0.3 is 0 Å². The molecule has 0 saturated carbocycles. The summed E-state index contributed by atoms with van der Waals surface area (Å²) in [5, 5.41) is 16.9. The number of aromatic nitrogens is 3.